The van der Waals surface area contributed by atoms with Crippen LogP contribution in [-0.4, -0.2) is 67.2 Å². The normalized spacial score (nSPS) is 19.8. The zero-order valence-electron chi connectivity index (χ0n) is 21.9. The lowest BCUT2D eigenvalue weighted by Crippen LogP contribution is -2.41. The Morgan fingerprint density at radius 3 is 1.86 bits per heavy atom. The lowest BCUT2D eigenvalue weighted by atomic mass is 10.1. The Morgan fingerprint density at radius 1 is 0.762 bits per heavy atom. The van der Waals surface area contributed by atoms with Gasteiger partial charge in [-0.05, 0) is 36.4 Å². The fraction of sp³-hybridized carbons (Fsp3) is 0.172. The smallest absolute Gasteiger partial charge is 0.338 e. The van der Waals surface area contributed by atoms with Crippen LogP contribution >= 0.6 is 0 Å². The van der Waals surface area contributed by atoms with Crippen LogP contribution in [0.5, 0.6) is 0 Å². The van der Waals surface area contributed by atoms with Crippen molar-refractivity contribution in [1.29, 1.82) is 0 Å². The molecule has 2 N–H and O–H groups in total. The molecule has 3 aromatic carbocycles. The Morgan fingerprint density at radius 2 is 1.29 bits per heavy atom. The molecule has 0 spiro atoms. The van der Waals surface area contributed by atoms with Crippen molar-refractivity contribution in [1.82, 2.24) is 24.4 Å². The first kappa shape index (κ1) is 26.7. The van der Waals surface area contributed by atoms with Crippen LogP contribution in [0.1, 0.15) is 37.3 Å². The molecule has 212 valence electrons. The Kier molecular flexibility index (Phi) is 7.30. The molecule has 0 unspecified atom stereocenters. The Balaban J connectivity index is 1.36. The number of carbonyl (C=O) groups is 3. The molecule has 0 aliphatic carbocycles. The lowest BCUT2D eigenvalue weighted by Gasteiger charge is -2.24. The molecular weight excluding hydrogens is 544 g/mol. The number of hydrogen-bond acceptors (Lipinski definition) is 11. The summed E-state index contributed by atoms with van der Waals surface area (Å²) in [6.45, 7) is -0.337. The number of nitrogen functional groups attached to an aromatic ring is 1. The molecular formula is C29H24N6O7. The number of benzene rings is 3. The van der Waals surface area contributed by atoms with Crippen LogP contribution in [0.4, 0.5) is 5.95 Å². The van der Waals surface area contributed by atoms with Crippen molar-refractivity contribution in [3.8, 4) is 0 Å². The Bertz CT molecular complexity index is 1710. The number of carbonyl (C=O) groups excluding carboxylic acids is 3. The predicted molar refractivity (Wildman–Crippen MR) is 145 cm³/mol. The number of rotatable bonds is 8. The second-order valence-corrected chi connectivity index (χ2v) is 9.28. The number of ether oxygens (including phenoxy) is 4. The van der Waals surface area contributed by atoms with Gasteiger partial charge in [0.2, 0.25) is 5.95 Å². The summed E-state index contributed by atoms with van der Waals surface area (Å²) in [6.07, 6.45) is -3.47. The molecule has 0 amide bonds. The summed E-state index contributed by atoms with van der Waals surface area (Å²) in [4.78, 5) is 43.4. The summed E-state index contributed by atoms with van der Waals surface area (Å²) < 4.78 is 26.2. The van der Waals surface area contributed by atoms with Crippen LogP contribution in [0.15, 0.2) is 97.3 Å². The molecule has 3 heterocycles. The Hall–Kier alpha value is -5.56. The van der Waals surface area contributed by atoms with Crippen LogP contribution in [0, 0.1) is 0 Å². The summed E-state index contributed by atoms with van der Waals surface area (Å²) >= 11 is 0. The third-order valence-electron chi connectivity index (χ3n) is 6.58. The fourth-order valence-electron chi connectivity index (χ4n) is 4.58. The first-order valence-corrected chi connectivity index (χ1v) is 12.9. The quantitative estimate of drug-likeness (QED) is 0.216. The first-order chi connectivity index (χ1) is 20.5. The molecule has 2 aromatic heterocycles. The maximum absolute atomic E-state index is 13.3. The van der Waals surface area contributed by atoms with Gasteiger partial charge in [-0.15, -0.1) is 5.10 Å². The van der Waals surface area contributed by atoms with Gasteiger partial charge in [0.05, 0.1) is 16.7 Å². The molecule has 1 aliphatic rings. The molecule has 42 heavy (non-hydrogen) atoms. The zero-order chi connectivity index (χ0) is 29.1. The molecule has 0 radical (unpaired) electrons. The van der Waals surface area contributed by atoms with E-state index in [0.717, 1.165) is 0 Å². The van der Waals surface area contributed by atoms with Crippen molar-refractivity contribution in [3.05, 3.63) is 114 Å². The van der Waals surface area contributed by atoms with Gasteiger partial charge in [0.15, 0.2) is 18.4 Å². The van der Waals surface area contributed by atoms with Crippen molar-refractivity contribution in [2.24, 2.45) is 0 Å². The molecule has 13 heteroatoms. The van der Waals surface area contributed by atoms with E-state index in [4.69, 9.17) is 24.7 Å². The molecule has 6 rings (SSSR count). The van der Waals surface area contributed by atoms with E-state index in [1.54, 1.807) is 91.0 Å². The van der Waals surface area contributed by atoms with E-state index in [0.29, 0.717) is 5.56 Å². The lowest BCUT2D eigenvalue weighted by molar-refractivity contribution is -0.0654. The number of nitrogens with two attached hydrogens (primary N) is 1. The molecule has 1 aliphatic heterocycles. The number of hydrogen-bond donors (Lipinski definition) is 1. The maximum Gasteiger partial charge on any atom is 0.338 e. The fourth-order valence-corrected chi connectivity index (χ4v) is 4.58. The van der Waals surface area contributed by atoms with E-state index in [2.05, 4.69) is 15.2 Å². The van der Waals surface area contributed by atoms with Gasteiger partial charge in [-0.1, -0.05) is 54.6 Å². The average Bonchev–Trinajstić information content (AvgIpc) is 3.73. The van der Waals surface area contributed by atoms with Crippen molar-refractivity contribution >= 4 is 29.6 Å². The van der Waals surface area contributed by atoms with Gasteiger partial charge in [-0.2, -0.15) is 19.3 Å². The highest BCUT2D eigenvalue weighted by Gasteiger charge is 2.52. The third-order valence-corrected chi connectivity index (χ3v) is 6.58. The highest BCUT2D eigenvalue weighted by molar-refractivity contribution is 5.91. The summed E-state index contributed by atoms with van der Waals surface area (Å²) in [5.41, 5.74) is 6.87. The van der Waals surface area contributed by atoms with Gasteiger partial charge < -0.3 is 24.7 Å². The maximum atomic E-state index is 13.3. The average molecular weight is 569 g/mol. The third kappa shape index (κ3) is 5.28. The highest BCUT2D eigenvalue weighted by atomic mass is 16.7. The number of nitrogens with zero attached hydrogens (tertiary/aromatic N) is 5. The summed E-state index contributed by atoms with van der Waals surface area (Å²) in [6, 6.07) is 25.0. The summed E-state index contributed by atoms with van der Waals surface area (Å²) in [5.74, 6) is -1.83. The van der Waals surface area contributed by atoms with Crippen molar-refractivity contribution in [2.75, 3.05) is 12.3 Å². The topological polar surface area (TPSA) is 162 Å². The van der Waals surface area contributed by atoms with Crippen molar-refractivity contribution < 1.29 is 33.3 Å². The largest absolute Gasteiger partial charge is 0.459 e. The molecule has 4 atom stereocenters. The molecule has 0 bridgehead atoms. The van der Waals surface area contributed by atoms with Crippen molar-refractivity contribution in [2.45, 2.75) is 24.5 Å². The van der Waals surface area contributed by atoms with Crippen LogP contribution in [0.25, 0.3) is 5.78 Å². The van der Waals surface area contributed by atoms with Gasteiger partial charge in [-0.25, -0.2) is 14.4 Å². The van der Waals surface area contributed by atoms with E-state index in [-0.39, 0.29) is 29.5 Å². The Labute approximate surface area is 238 Å². The van der Waals surface area contributed by atoms with Crippen LogP contribution < -0.4 is 5.73 Å². The van der Waals surface area contributed by atoms with E-state index in [1.807, 2.05) is 0 Å². The monoisotopic (exact) mass is 568 g/mol. The highest BCUT2D eigenvalue weighted by Crippen LogP contribution is 2.36. The standard InChI is InChI=1S/C29H24N6O7/c30-28-33-34(29-31-17-32-35(28)29)24-23(42-27(38)20-14-8-3-9-15-20)22(41-26(37)19-12-6-2-7-13-19)21(40-24)16-39-25(36)18-10-4-1-5-11-18/h1-15,17,21-24H,16H2,(H2,30,33)/t21-,22-,23-,24+/m1/s1. The minimum Gasteiger partial charge on any atom is -0.459 e. The SMILES string of the molecule is Nc1nn([C@H]2O[C@H](COC(=O)c3ccccc3)[C@@H](OC(=O)c3ccccc3)[C@H]2OC(=O)c2ccccc2)c2ncnn12. The van der Waals surface area contributed by atoms with Gasteiger partial charge >= 0.3 is 17.9 Å². The summed E-state index contributed by atoms with van der Waals surface area (Å²) in [5, 5.41) is 8.32. The molecule has 1 fully saturated rings. The van der Waals surface area contributed by atoms with Gasteiger partial charge in [-0.3, -0.25) is 0 Å². The van der Waals surface area contributed by atoms with E-state index < -0.39 is 42.4 Å². The number of fused-ring (bicyclic) bond motifs is 1. The minimum atomic E-state index is -1.26. The number of esters is 3. The van der Waals surface area contributed by atoms with Crippen molar-refractivity contribution in [3.63, 3.8) is 0 Å². The number of aromatic nitrogens is 5. The predicted octanol–water partition coefficient (Wildman–Crippen LogP) is 2.71. The summed E-state index contributed by atoms with van der Waals surface area (Å²) in [7, 11) is 0. The van der Waals surface area contributed by atoms with Crippen LogP contribution in [-0.2, 0) is 18.9 Å². The first-order valence-electron chi connectivity index (χ1n) is 12.9. The molecule has 0 saturated carbocycles. The molecule has 1 saturated heterocycles. The zero-order valence-corrected chi connectivity index (χ0v) is 21.9. The van der Waals surface area contributed by atoms with Gasteiger partial charge in [0, 0.05) is 0 Å². The molecule has 13 nitrogen and oxygen atoms in total. The van der Waals surface area contributed by atoms with Gasteiger partial charge in [0.1, 0.15) is 19.0 Å². The van der Waals surface area contributed by atoms with Gasteiger partial charge in [0.25, 0.3) is 5.78 Å². The second-order valence-electron chi connectivity index (χ2n) is 9.28. The van der Waals surface area contributed by atoms with Crippen LogP contribution in [0.3, 0.4) is 0 Å². The number of anilines is 1. The minimum absolute atomic E-state index is 0.00368. The second kappa shape index (κ2) is 11.5. The van der Waals surface area contributed by atoms with E-state index >= 15 is 0 Å². The van der Waals surface area contributed by atoms with E-state index in [9.17, 15) is 14.4 Å². The van der Waals surface area contributed by atoms with E-state index in [1.165, 1.54) is 15.5 Å². The van der Waals surface area contributed by atoms with Crippen LogP contribution in [0.2, 0.25) is 0 Å². The molecule has 5 aromatic rings.